The Hall–Kier alpha value is -1.67. The normalized spacial score (nSPS) is 13.0. The van der Waals surface area contributed by atoms with Crippen LogP contribution in [0.15, 0.2) is 49.6 Å². The molecule has 165 valence electrons. The molecule has 1 aromatic rings. The molecule has 0 aliphatic carbocycles. The van der Waals surface area contributed by atoms with Crippen LogP contribution < -0.4 is 16.0 Å². The second-order valence-corrected chi connectivity index (χ2v) is 7.27. The van der Waals surface area contributed by atoms with Gasteiger partial charge in [-0.3, -0.25) is 0 Å². The largest absolute Gasteiger partial charge is 2.00 e. The van der Waals surface area contributed by atoms with E-state index >= 15 is 0 Å². The van der Waals surface area contributed by atoms with E-state index in [2.05, 4.69) is 31.0 Å². The molecule has 0 spiro atoms. The van der Waals surface area contributed by atoms with Gasteiger partial charge in [0, 0.05) is 17.9 Å². The van der Waals surface area contributed by atoms with Crippen molar-refractivity contribution in [1.82, 2.24) is 5.32 Å². The van der Waals surface area contributed by atoms with E-state index in [1.54, 1.807) is 20.9 Å². The average molecular weight is 509 g/mol. The van der Waals surface area contributed by atoms with Crippen molar-refractivity contribution in [2.75, 3.05) is 26.5 Å². The summed E-state index contributed by atoms with van der Waals surface area (Å²) in [7, 11) is 1.15. The number of nitrogens with one attached hydrogen (secondary N) is 2. The number of hydrogen-bond donors (Lipinski definition) is 3. The van der Waals surface area contributed by atoms with Gasteiger partial charge in [0.15, 0.2) is 0 Å². The fraction of sp³-hybridized carbons (Fsp3) is 0.333. The Balaban J connectivity index is 0. The molecule has 0 bridgehead atoms. The van der Waals surface area contributed by atoms with Gasteiger partial charge in [-0.1, -0.05) is 0 Å². The fourth-order valence-electron chi connectivity index (χ4n) is 1.29. The summed E-state index contributed by atoms with van der Waals surface area (Å²) < 4.78 is 32.6. The minimum absolute atomic E-state index is 0. The van der Waals surface area contributed by atoms with Crippen molar-refractivity contribution in [3.8, 4) is 0 Å². The monoisotopic (exact) mass is 508 g/mol. The summed E-state index contributed by atoms with van der Waals surface area (Å²) in [6.07, 6.45) is 0. The van der Waals surface area contributed by atoms with Gasteiger partial charge in [0.2, 0.25) is 0 Å². The van der Waals surface area contributed by atoms with E-state index in [0.29, 0.717) is 17.1 Å². The molecule has 1 rings (SSSR count). The molecule has 0 aliphatic rings. The summed E-state index contributed by atoms with van der Waals surface area (Å²) in [4.78, 5) is -0.329. The van der Waals surface area contributed by atoms with E-state index in [4.69, 9.17) is 25.3 Å². The maximum absolute atomic E-state index is 10.9. The molecule has 0 saturated heterocycles. The molecule has 0 amide bonds. The van der Waals surface area contributed by atoms with Gasteiger partial charge in [-0.25, -0.2) is 8.42 Å². The van der Waals surface area contributed by atoms with Crippen LogP contribution in [-0.2, 0) is 52.4 Å². The molecular formula is C15H23CuN7O3S3. The number of anilines is 1. The van der Waals surface area contributed by atoms with Crippen LogP contribution in [0.1, 0.15) is 13.8 Å². The minimum Gasteiger partial charge on any atom is -0.744 e. The van der Waals surface area contributed by atoms with E-state index < -0.39 is 10.1 Å². The summed E-state index contributed by atoms with van der Waals surface area (Å²) >= 11 is 9.85. The van der Waals surface area contributed by atoms with Crippen molar-refractivity contribution < 1.29 is 35.4 Å². The third-order valence-corrected chi connectivity index (χ3v) is 4.03. The maximum atomic E-state index is 10.9. The van der Waals surface area contributed by atoms with E-state index in [0.717, 1.165) is 0 Å². The second-order valence-electron chi connectivity index (χ2n) is 5.11. The first-order valence-electron chi connectivity index (χ1n) is 7.88. The van der Waals surface area contributed by atoms with Crippen LogP contribution in [0, 0.1) is 0 Å². The summed E-state index contributed by atoms with van der Waals surface area (Å²) in [6.45, 7) is 3.37. The Bertz CT molecular complexity index is 854. The smallest absolute Gasteiger partial charge is 0.744 e. The zero-order valence-electron chi connectivity index (χ0n) is 16.4. The Kier molecular flexibility index (Phi) is 15.5. The van der Waals surface area contributed by atoms with Crippen molar-refractivity contribution in [3.05, 3.63) is 24.3 Å². The molecule has 0 aromatic heterocycles. The predicted octanol–water partition coefficient (Wildman–Crippen LogP) is -0.413. The minimum atomic E-state index is -4.48. The molecular weight excluding hydrogens is 486 g/mol. The number of benzene rings is 1. The van der Waals surface area contributed by atoms with Crippen LogP contribution in [0.4, 0.5) is 5.69 Å². The van der Waals surface area contributed by atoms with Crippen molar-refractivity contribution in [2.45, 2.75) is 18.7 Å². The maximum Gasteiger partial charge on any atom is 2.00 e. The molecule has 4 N–H and O–H groups in total. The SMILES string of the molecule is CNC([S-])=NN=C(C)C(C)=NN=C([S-])Nc1ccc(S(=O)(=O)[O-])cc1.C[NH2+]C.[Cu+2]. The summed E-state index contributed by atoms with van der Waals surface area (Å²) in [5.41, 5.74) is 1.46. The first kappa shape index (κ1) is 29.5. The molecule has 0 aliphatic heterocycles. The van der Waals surface area contributed by atoms with Crippen LogP contribution in [0.2, 0.25) is 0 Å². The Morgan fingerprint density at radius 1 is 0.966 bits per heavy atom. The van der Waals surface area contributed by atoms with Gasteiger partial charge < -0.3 is 45.8 Å². The first-order valence-corrected chi connectivity index (χ1v) is 10.1. The topological polar surface area (TPSA) is 147 Å². The third kappa shape index (κ3) is 13.2. The van der Waals surface area contributed by atoms with E-state index in [9.17, 15) is 13.0 Å². The fourth-order valence-corrected chi connectivity index (χ4v) is 1.96. The number of hydrogen-bond acceptors (Lipinski definition) is 9. The van der Waals surface area contributed by atoms with Crippen molar-refractivity contribution in [1.29, 1.82) is 0 Å². The Morgan fingerprint density at radius 2 is 1.38 bits per heavy atom. The molecule has 29 heavy (non-hydrogen) atoms. The van der Waals surface area contributed by atoms with Crippen molar-refractivity contribution >= 4 is 62.8 Å². The molecule has 0 fully saturated rings. The van der Waals surface area contributed by atoms with E-state index in [1.165, 1.54) is 24.3 Å². The third-order valence-electron chi connectivity index (χ3n) is 2.71. The van der Waals surface area contributed by atoms with Gasteiger partial charge in [-0.2, -0.15) is 20.4 Å². The van der Waals surface area contributed by atoms with Gasteiger partial charge in [0.25, 0.3) is 0 Å². The van der Waals surface area contributed by atoms with Crippen molar-refractivity contribution in [2.24, 2.45) is 20.4 Å². The molecule has 14 heteroatoms. The average Bonchev–Trinajstić information content (AvgIpc) is 2.64. The van der Waals surface area contributed by atoms with Crippen molar-refractivity contribution in [3.63, 3.8) is 0 Å². The first-order chi connectivity index (χ1) is 13.0. The van der Waals surface area contributed by atoms with Crippen LogP contribution in [-0.4, -0.2) is 55.9 Å². The number of amidine groups is 2. The number of rotatable bonds is 5. The van der Waals surface area contributed by atoms with Crippen LogP contribution >= 0.6 is 0 Å². The van der Waals surface area contributed by atoms with Gasteiger partial charge in [-0.15, -0.1) is 0 Å². The number of nitrogens with zero attached hydrogens (tertiary/aromatic N) is 4. The van der Waals surface area contributed by atoms with Gasteiger partial charge in [0.1, 0.15) is 10.1 Å². The summed E-state index contributed by atoms with van der Waals surface area (Å²) in [5.74, 6) is 0. The van der Waals surface area contributed by atoms with Gasteiger partial charge in [0.05, 0.1) is 30.4 Å². The zero-order valence-corrected chi connectivity index (χ0v) is 19.8. The molecule has 1 radical (unpaired) electrons. The standard InChI is InChI=1S/C13H18N6O3S3.C2H7N.Cu/c1-8(16-18-12(23)14-3)9(2)17-19-13(24)15-10-4-6-11(7-5-10)25(20,21)22;1-3-2;/h4-7H,1-3H3,(H2,14,18,23)(H2,15,19,24)(H,20,21,22);3H,1-2H3;/q;;+2/p-2. The quantitative estimate of drug-likeness (QED) is 0.122. The van der Waals surface area contributed by atoms with Gasteiger partial charge in [-0.05, 0) is 43.3 Å². The molecule has 0 saturated carbocycles. The second kappa shape index (κ2) is 15.2. The van der Waals surface area contributed by atoms with Crippen LogP contribution in [0.5, 0.6) is 0 Å². The molecule has 1 aromatic carbocycles. The molecule has 0 heterocycles. The van der Waals surface area contributed by atoms with E-state index in [-0.39, 0.29) is 32.3 Å². The predicted molar refractivity (Wildman–Crippen MR) is 117 cm³/mol. The van der Waals surface area contributed by atoms with E-state index in [1.807, 2.05) is 19.4 Å². The molecule has 10 nitrogen and oxygen atoms in total. The number of quaternary nitrogens is 1. The Morgan fingerprint density at radius 3 is 1.76 bits per heavy atom. The summed E-state index contributed by atoms with van der Waals surface area (Å²) in [5, 5.41) is 23.1. The molecule has 0 atom stereocenters. The molecule has 0 unspecified atom stereocenters. The summed E-state index contributed by atoms with van der Waals surface area (Å²) in [6, 6.07) is 5.14. The van der Waals surface area contributed by atoms with Crippen LogP contribution in [0.25, 0.3) is 0 Å². The zero-order chi connectivity index (χ0) is 21.7. The van der Waals surface area contributed by atoms with Gasteiger partial charge >= 0.3 is 17.1 Å². The number of nitrogens with two attached hydrogens (primary N) is 1. The van der Waals surface area contributed by atoms with Crippen LogP contribution in [0.3, 0.4) is 0 Å². The Labute approximate surface area is 192 Å².